The lowest BCUT2D eigenvalue weighted by Crippen LogP contribution is -2.23. The van der Waals surface area contributed by atoms with Gasteiger partial charge in [-0.1, -0.05) is 12.1 Å². The van der Waals surface area contributed by atoms with E-state index in [-0.39, 0.29) is 18.1 Å². The number of hydrogen-bond acceptors (Lipinski definition) is 5. The van der Waals surface area contributed by atoms with Crippen LogP contribution in [0.25, 0.3) is 16.8 Å². The van der Waals surface area contributed by atoms with E-state index in [0.717, 1.165) is 30.7 Å². The average Bonchev–Trinajstić information content (AvgIpc) is 3.52. The van der Waals surface area contributed by atoms with Crippen LogP contribution < -0.4 is 5.32 Å². The zero-order chi connectivity index (χ0) is 27.2. The maximum Gasteiger partial charge on any atom is 0.417 e. The molecule has 2 heterocycles. The quantitative estimate of drug-likeness (QED) is 0.286. The van der Waals surface area contributed by atoms with Crippen molar-refractivity contribution >= 4 is 17.2 Å². The summed E-state index contributed by atoms with van der Waals surface area (Å²) in [6.45, 7) is 3.36. The monoisotopic (exact) mass is 539 g/mol. The number of thiazole rings is 1. The molecule has 0 atom stereocenters. The zero-order valence-corrected chi connectivity index (χ0v) is 21.2. The van der Waals surface area contributed by atoms with Gasteiger partial charge in [0, 0.05) is 29.3 Å². The molecular weight excluding hydrogens is 518 g/mol. The number of aromatic nitrogens is 3. The van der Waals surface area contributed by atoms with Crippen molar-refractivity contribution in [3.63, 3.8) is 0 Å². The van der Waals surface area contributed by atoms with E-state index in [1.54, 1.807) is 37.6 Å². The lowest BCUT2D eigenvalue weighted by atomic mass is 10.0. The first-order valence-electron chi connectivity index (χ1n) is 11.8. The van der Waals surface area contributed by atoms with Gasteiger partial charge < -0.3 is 5.32 Å². The van der Waals surface area contributed by atoms with E-state index in [9.17, 15) is 18.0 Å². The third kappa shape index (κ3) is 4.79. The van der Waals surface area contributed by atoms with Crippen LogP contribution in [0.1, 0.15) is 62.2 Å². The molecule has 5 rings (SSSR count). The number of nitriles is 1. The van der Waals surface area contributed by atoms with E-state index < -0.39 is 23.1 Å². The van der Waals surface area contributed by atoms with Gasteiger partial charge in [-0.25, -0.2) is 14.1 Å². The summed E-state index contributed by atoms with van der Waals surface area (Å²) in [6, 6.07) is 9.53. The highest BCUT2D eigenvalue weighted by atomic mass is 32.1. The second-order valence-electron chi connectivity index (χ2n) is 9.13. The normalized spacial score (nSPS) is 13.4. The van der Waals surface area contributed by atoms with Crippen molar-refractivity contribution < 1.29 is 22.4 Å². The number of amides is 1. The third-order valence-electron chi connectivity index (χ3n) is 6.51. The molecule has 38 heavy (non-hydrogen) atoms. The summed E-state index contributed by atoms with van der Waals surface area (Å²) in [5.74, 6) is -0.486. The molecule has 0 saturated heterocycles. The molecule has 1 aliphatic rings. The number of hydrogen-bond donors (Lipinski definition) is 1. The van der Waals surface area contributed by atoms with Gasteiger partial charge in [0.25, 0.3) is 5.91 Å². The van der Waals surface area contributed by atoms with Gasteiger partial charge in [0.15, 0.2) is 0 Å². The number of rotatable bonds is 6. The topological polar surface area (TPSA) is 83.6 Å². The van der Waals surface area contributed by atoms with Crippen LogP contribution in [0.15, 0.2) is 41.9 Å². The van der Waals surface area contributed by atoms with Crippen LogP contribution in [0.5, 0.6) is 0 Å². The molecule has 0 bridgehead atoms. The van der Waals surface area contributed by atoms with Crippen molar-refractivity contribution in [3.8, 4) is 22.9 Å². The molecule has 0 unspecified atom stereocenters. The maximum absolute atomic E-state index is 15.1. The van der Waals surface area contributed by atoms with Crippen molar-refractivity contribution in [2.24, 2.45) is 0 Å². The second-order valence-corrected chi connectivity index (χ2v) is 9.98. The van der Waals surface area contributed by atoms with Gasteiger partial charge in [0.05, 0.1) is 39.8 Å². The van der Waals surface area contributed by atoms with Crippen LogP contribution >= 0.6 is 11.3 Å². The second kappa shape index (κ2) is 9.68. The first-order valence-corrected chi connectivity index (χ1v) is 12.6. The van der Waals surface area contributed by atoms with E-state index in [4.69, 9.17) is 5.26 Å². The molecule has 4 aromatic rings. The number of nitrogens with one attached hydrogen (secondary N) is 1. The number of aryl methyl sites for hydroxylation is 1. The highest BCUT2D eigenvalue weighted by Gasteiger charge is 2.34. The summed E-state index contributed by atoms with van der Waals surface area (Å²) in [7, 11) is 0. The van der Waals surface area contributed by atoms with Gasteiger partial charge in [-0.3, -0.25) is 4.79 Å². The molecule has 1 aliphatic carbocycles. The largest absolute Gasteiger partial charge is 0.417 e. The highest BCUT2D eigenvalue weighted by molar-refractivity contribution is 7.11. The van der Waals surface area contributed by atoms with E-state index in [1.807, 2.05) is 0 Å². The Bertz CT molecular complexity index is 1590. The summed E-state index contributed by atoms with van der Waals surface area (Å²) in [4.78, 5) is 17.5. The van der Waals surface area contributed by atoms with Gasteiger partial charge in [0.2, 0.25) is 0 Å². The maximum atomic E-state index is 15.1. The molecule has 0 radical (unpaired) electrons. The Labute approximate surface area is 219 Å². The van der Waals surface area contributed by atoms with Gasteiger partial charge in [-0.2, -0.15) is 23.5 Å². The Morgan fingerprint density at radius 3 is 2.63 bits per heavy atom. The molecule has 194 valence electrons. The average molecular weight is 540 g/mol. The van der Waals surface area contributed by atoms with Gasteiger partial charge in [-0.15, -0.1) is 11.3 Å². The van der Waals surface area contributed by atoms with E-state index in [0.29, 0.717) is 38.9 Å². The van der Waals surface area contributed by atoms with Crippen molar-refractivity contribution in [1.29, 1.82) is 5.26 Å². The van der Waals surface area contributed by atoms with E-state index in [1.165, 1.54) is 28.2 Å². The zero-order valence-electron chi connectivity index (χ0n) is 20.4. The van der Waals surface area contributed by atoms with Crippen molar-refractivity contribution in [3.05, 3.63) is 86.4 Å². The van der Waals surface area contributed by atoms with Crippen LogP contribution in [-0.2, 0) is 12.7 Å². The van der Waals surface area contributed by atoms with Crippen LogP contribution in [0.3, 0.4) is 0 Å². The molecule has 0 spiro atoms. The summed E-state index contributed by atoms with van der Waals surface area (Å²) >= 11 is 1.27. The molecular formula is C27H21F4N5OS. The SMILES string of the molecule is Cc1nn(-c2ccc(C#N)c(C(F)(F)F)c2)c(C)c1-c1ccc(CNC(=O)c2scnc2C2CC2)c(F)c1. The summed E-state index contributed by atoms with van der Waals surface area (Å²) in [5, 5.41) is 16.2. The van der Waals surface area contributed by atoms with Crippen molar-refractivity contribution in [1.82, 2.24) is 20.1 Å². The number of carbonyl (C=O) groups is 1. The minimum absolute atomic E-state index is 0.00433. The number of nitrogens with zero attached hydrogens (tertiary/aromatic N) is 4. The minimum atomic E-state index is -4.70. The van der Waals surface area contributed by atoms with Gasteiger partial charge in [0.1, 0.15) is 10.7 Å². The van der Waals surface area contributed by atoms with Crippen molar-refractivity contribution in [2.75, 3.05) is 0 Å². The fourth-order valence-corrected chi connectivity index (χ4v) is 5.27. The lowest BCUT2D eigenvalue weighted by Gasteiger charge is -2.12. The Hall–Kier alpha value is -4.04. The molecule has 0 aliphatic heterocycles. The van der Waals surface area contributed by atoms with E-state index >= 15 is 4.39 Å². The Morgan fingerprint density at radius 2 is 1.97 bits per heavy atom. The van der Waals surface area contributed by atoms with Gasteiger partial charge >= 0.3 is 6.18 Å². The third-order valence-corrected chi connectivity index (χ3v) is 7.35. The predicted octanol–water partition coefficient (Wildman–Crippen LogP) is 6.45. The van der Waals surface area contributed by atoms with Crippen LogP contribution in [0.4, 0.5) is 17.6 Å². The Kier molecular flexibility index (Phi) is 6.53. The first kappa shape index (κ1) is 25.6. The predicted molar refractivity (Wildman–Crippen MR) is 133 cm³/mol. The molecule has 2 aromatic carbocycles. The fraction of sp³-hybridized carbons (Fsp3) is 0.259. The van der Waals surface area contributed by atoms with Crippen LogP contribution in [0.2, 0.25) is 0 Å². The Balaban J connectivity index is 1.39. The number of benzene rings is 2. The van der Waals surface area contributed by atoms with Crippen LogP contribution in [0, 0.1) is 31.0 Å². The summed E-state index contributed by atoms with van der Waals surface area (Å²) < 4.78 is 56.8. The molecule has 11 heteroatoms. The minimum Gasteiger partial charge on any atom is -0.347 e. The number of halogens is 4. The van der Waals surface area contributed by atoms with Crippen LogP contribution in [-0.4, -0.2) is 20.7 Å². The highest BCUT2D eigenvalue weighted by Crippen LogP contribution is 2.41. The molecule has 6 nitrogen and oxygen atoms in total. The molecule has 2 aromatic heterocycles. The van der Waals surface area contributed by atoms with E-state index in [2.05, 4.69) is 15.4 Å². The van der Waals surface area contributed by atoms with Gasteiger partial charge in [-0.05, 0) is 56.5 Å². The first-order chi connectivity index (χ1) is 18.1. The molecule has 1 fully saturated rings. The number of alkyl halides is 3. The standard InChI is InChI=1S/C27H21F4N5OS/c1-14-23(15(2)36(35-14)20-8-7-18(11-32)21(10-20)27(29,30)31)17-5-6-19(22(28)9-17)12-33-26(37)25-24(16-3-4-16)34-13-38-25/h5-10,13,16H,3-4,12H2,1-2H3,(H,33,37). The lowest BCUT2D eigenvalue weighted by molar-refractivity contribution is -0.137. The summed E-state index contributed by atoms with van der Waals surface area (Å²) in [6.07, 6.45) is -2.66. The fourth-order valence-electron chi connectivity index (χ4n) is 4.48. The number of carbonyl (C=O) groups excluding carboxylic acids is 1. The smallest absolute Gasteiger partial charge is 0.347 e. The summed E-state index contributed by atoms with van der Waals surface area (Å²) in [5.41, 5.74) is 3.44. The molecule has 1 amide bonds. The molecule has 1 N–H and O–H groups in total. The Morgan fingerprint density at radius 1 is 1.21 bits per heavy atom. The van der Waals surface area contributed by atoms with Crippen molar-refractivity contribution in [2.45, 2.75) is 45.3 Å². The molecule has 1 saturated carbocycles.